The highest BCUT2D eigenvalue weighted by atomic mass is 32.2. The molecule has 6 heteroatoms. The summed E-state index contributed by atoms with van der Waals surface area (Å²) in [5, 5.41) is 12.2. The number of nitrogens with zero attached hydrogens (tertiary/aromatic N) is 3. The van der Waals surface area contributed by atoms with Crippen LogP contribution in [0.5, 0.6) is 0 Å². The van der Waals surface area contributed by atoms with E-state index in [0.717, 1.165) is 40.8 Å². The van der Waals surface area contributed by atoms with Gasteiger partial charge in [-0.25, -0.2) is 0 Å². The number of aryl methyl sites for hydroxylation is 2. The summed E-state index contributed by atoms with van der Waals surface area (Å²) in [5.74, 6) is 0.795. The normalized spacial score (nSPS) is 12.0. The third-order valence-corrected chi connectivity index (χ3v) is 5.78. The smallest absolute Gasteiger partial charge is 0.237 e. The van der Waals surface area contributed by atoms with Crippen LogP contribution in [0, 0.1) is 6.92 Å². The number of hydrogen-bond acceptors (Lipinski definition) is 4. The predicted octanol–water partition coefficient (Wildman–Crippen LogP) is 4.96. The monoisotopic (exact) mass is 394 g/mol. The molecule has 1 atom stereocenters. The summed E-state index contributed by atoms with van der Waals surface area (Å²) in [4.78, 5) is 12.6. The highest BCUT2D eigenvalue weighted by Gasteiger charge is 2.21. The molecular formula is C22H26N4OS. The molecule has 5 nitrogen and oxygen atoms in total. The summed E-state index contributed by atoms with van der Waals surface area (Å²) in [5.41, 5.74) is 4.28. The number of rotatable bonds is 7. The first kappa shape index (κ1) is 20.1. The molecule has 0 unspecified atom stereocenters. The summed E-state index contributed by atoms with van der Waals surface area (Å²) in [6.07, 6.45) is 0.983. The molecule has 146 valence electrons. The molecule has 3 aromatic rings. The van der Waals surface area contributed by atoms with E-state index in [-0.39, 0.29) is 11.2 Å². The van der Waals surface area contributed by atoms with Gasteiger partial charge in [0.25, 0.3) is 0 Å². The summed E-state index contributed by atoms with van der Waals surface area (Å²) < 4.78 is 2.06. The lowest BCUT2D eigenvalue weighted by Crippen LogP contribution is -2.23. The fourth-order valence-electron chi connectivity index (χ4n) is 2.96. The van der Waals surface area contributed by atoms with Gasteiger partial charge >= 0.3 is 0 Å². The first-order valence-corrected chi connectivity index (χ1v) is 10.5. The van der Waals surface area contributed by atoms with Crippen molar-refractivity contribution in [2.45, 2.75) is 51.1 Å². The number of carbonyl (C=O) groups excluding carboxylic acids is 1. The maximum absolute atomic E-state index is 12.6. The topological polar surface area (TPSA) is 59.8 Å². The molecule has 1 N–H and O–H groups in total. The van der Waals surface area contributed by atoms with Crippen molar-refractivity contribution in [3.8, 4) is 11.4 Å². The lowest BCUT2D eigenvalue weighted by atomic mass is 10.1. The predicted molar refractivity (Wildman–Crippen MR) is 116 cm³/mol. The first-order chi connectivity index (χ1) is 13.5. The van der Waals surface area contributed by atoms with Crippen LogP contribution in [0.25, 0.3) is 11.4 Å². The fraction of sp³-hybridized carbons (Fsp3) is 0.318. The van der Waals surface area contributed by atoms with Gasteiger partial charge in [-0.3, -0.25) is 4.79 Å². The Hall–Kier alpha value is -2.60. The van der Waals surface area contributed by atoms with Crippen LogP contribution in [-0.4, -0.2) is 25.9 Å². The number of hydrogen-bond donors (Lipinski definition) is 1. The molecule has 0 fully saturated rings. The molecule has 0 spiro atoms. The van der Waals surface area contributed by atoms with Crippen LogP contribution < -0.4 is 5.32 Å². The Kier molecular flexibility index (Phi) is 6.52. The van der Waals surface area contributed by atoms with Gasteiger partial charge in [-0.05, 0) is 50.5 Å². The van der Waals surface area contributed by atoms with Crippen LogP contribution in [0.15, 0.2) is 53.7 Å². The van der Waals surface area contributed by atoms with Crippen molar-refractivity contribution in [2.75, 3.05) is 5.32 Å². The van der Waals surface area contributed by atoms with E-state index in [1.165, 1.54) is 17.3 Å². The van der Waals surface area contributed by atoms with Crippen LogP contribution >= 0.6 is 11.8 Å². The minimum atomic E-state index is -0.287. The van der Waals surface area contributed by atoms with Crippen molar-refractivity contribution in [1.82, 2.24) is 14.8 Å². The van der Waals surface area contributed by atoms with Crippen molar-refractivity contribution in [3.05, 3.63) is 59.7 Å². The second-order valence-corrected chi connectivity index (χ2v) is 7.97. The SMILES string of the molecule is CCc1ccc(NC(=O)[C@@H](C)Sc2nnc(-c3ccccc3C)n2CC)cc1. The Balaban J connectivity index is 1.73. The largest absolute Gasteiger partial charge is 0.325 e. The average Bonchev–Trinajstić information content (AvgIpc) is 3.11. The minimum absolute atomic E-state index is 0.0441. The maximum atomic E-state index is 12.6. The number of thioether (sulfide) groups is 1. The zero-order chi connectivity index (χ0) is 20.1. The van der Waals surface area contributed by atoms with Gasteiger partial charge in [0.05, 0.1) is 5.25 Å². The van der Waals surface area contributed by atoms with Crippen LogP contribution in [0.3, 0.4) is 0 Å². The summed E-state index contributed by atoms with van der Waals surface area (Å²) in [6, 6.07) is 16.1. The number of benzene rings is 2. The number of amides is 1. The van der Waals surface area contributed by atoms with Crippen LogP contribution in [-0.2, 0) is 17.8 Å². The molecule has 28 heavy (non-hydrogen) atoms. The van der Waals surface area contributed by atoms with Gasteiger partial charge in [-0.2, -0.15) is 0 Å². The molecule has 0 saturated heterocycles. The molecule has 1 aromatic heterocycles. The molecule has 1 amide bonds. The lowest BCUT2D eigenvalue weighted by Gasteiger charge is -2.13. The van der Waals surface area contributed by atoms with Crippen molar-refractivity contribution in [3.63, 3.8) is 0 Å². The first-order valence-electron chi connectivity index (χ1n) is 9.59. The van der Waals surface area contributed by atoms with E-state index in [2.05, 4.69) is 53.0 Å². The van der Waals surface area contributed by atoms with Crippen molar-refractivity contribution in [1.29, 1.82) is 0 Å². The molecule has 0 aliphatic carbocycles. The maximum Gasteiger partial charge on any atom is 0.237 e. The Morgan fingerprint density at radius 1 is 1.11 bits per heavy atom. The van der Waals surface area contributed by atoms with Gasteiger partial charge in [0.1, 0.15) is 0 Å². The van der Waals surface area contributed by atoms with Gasteiger partial charge in [-0.1, -0.05) is 55.1 Å². The van der Waals surface area contributed by atoms with Crippen molar-refractivity contribution >= 4 is 23.4 Å². The molecule has 0 bridgehead atoms. The number of nitrogens with one attached hydrogen (secondary N) is 1. The van der Waals surface area contributed by atoms with E-state index < -0.39 is 0 Å². The van der Waals surface area contributed by atoms with E-state index in [1.807, 2.05) is 43.3 Å². The van der Waals surface area contributed by atoms with E-state index >= 15 is 0 Å². The summed E-state index contributed by atoms with van der Waals surface area (Å²) in [6.45, 7) is 8.88. The zero-order valence-corrected chi connectivity index (χ0v) is 17.6. The van der Waals surface area contributed by atoms with Crippen molar-refractivity contribution < 1.29 is 4.79 Å². The molecule has 0 saturated carbocycles. The van der Waals surface area contributed by atoms with Gasteiger partial charge in [0.15, 0.2) is 11.0 Å². The molecule has 1 heterocycles. The van der Waals surface area contributed by atoms with Gasteiger partial charge < -0.3 is 9.88 Å². The van der Waals surface area contributed by atoms with E-state index in [4.69, 9.17) is 0 Å². The van der Waals surface area contributed by atoms with Gasteiger partial charge in [0.2, 0.25) is 5.91 Å². The standard InChI is InChI=1S/C22H26N4OS/c1-5-17-11-13-18(14-12-17)23-21(27)16(4)28-22-25-24-20(26(22)6-2)19-10-8-7-9-15(19)3/h7-14,16H,5-6H2,1-4H3,(H,23,27)/t16-/m1/s1. The molecular weight excluding hydrogens is 368 g/mol. The van der Waals surface area contributed by atoms with E-state index in [9.17, 15) is 4.79 Å². The average molecular weight is 395 g/mol. The lowest BCUT2D eigenvalue weighted by molar-refractivity contribution is -0.115. The molecule has 2 aromatic carbocycles. The molecule has 3 rings (SSSR count). The molecule has 0 aliphatic rings. The third kappa shape index (κ3) is 4.44. The van der Waals surface area contributed by atoms with Crippen LogP contribution in [0.1, 0.15) is 31.9 Å². The highest BCUT2D eigenvalue weighted by Crippen LogP contribution is 2.28. The third-order valence-electron chi connectivity index (χ3n) is 4.70. The minimum Gasteiger partial charge on any atom is -0.325 e. The second-order valence-electron chi connectivity index (χ2n) is 6.67. The van der Waals surface area contributed by atoms with Crippen LogP contribution in [0.4, 0.5) is 5.69 Å². The quantitative estimate of drug-likeness (QED) is 0.576. The fourth-order valence-corrected chi connectivity index (χ4v) is 3.88. The number of carbonyl (C=O) groups is 1. The summed E-state index contributed by atoms with van der Waals surface area (Å²) >= 11 is 1.43. The van der Waals surface area contributed by atoms with Crippen LogP contribution in [0.2, 0.25) is 0 Å². The molecule has 0 aliphatic heterocycles. The Labute approximate surface area is 170 Å². The Morgan fingerprint density at radius 2 is 1.82 bits per heavy atom. The zero-order valence-electron chi connectivity index (χ0n) is 16.8. The molecule has 0 radical (unpaired) electrons. The van der Waals surface area contributed by atoms with E-state index in [0.29, 0.717) is 0 Å². The number of anilines is 1. The van der Waals surface area contributed by atoms with E-state index in [1.54, 1.807) is 0 Å². The van der Waals surface area contributed by atoms with Gasteiger partial charge in [0, 0.05) is 17.8 Å². The second kappa shape index (κ2) is 9.06. The summed E-state index contributed by atoms with van der Waals surface area (Å²) in [7, 11) is 0. The Morgan fingerprint density at radius 3 is 2.46 bits per heavy atom. The van der Waals surface area contributed by atoms with Gasteiger partial charge in [-0.15, -0.1) is 10.2 Å². The highest BCUT2D eigenvalue weighted by molar-refractivity contribution is 8.00. The number of aromatic nitrogens is 3. The van der Waals surface area contributed by atoms with Crippen molar-refractivity contribution in [2.24, 2.45) is 0 Å². The Bertz CT molecular complexity index is 949.